The van der Waals surface area contributed by atoms with Gasteiger partial charge in [-0.25, -0.2) is 0 Å². The van der Waals surface area contributed by atoms with E-state index < -0.39 is 5.41 Å². The minimum Gasteiger partial charge on any atom is -0.352 e. The van der Waals surface area contributed by atoms with E-state index in [9.17, 15) is 9.59 Å². The van der Waals surface area contributed by atoms with Crippen LogP contribution in [0, 0.1) is 12.3 Å². The number of carbonyl (C=O) groups is 2. The van der Waals surface area contributed by atoms with Crippen molar-refractivity contribution in [2.45, 2.75) is 57.9 Å². The highest BCUT2D eigenvalue weighted by Crippen LogP contribution is 2.47. The number of hydrogen-bond acceptors (Lipinski definition) is 2. The fourth-order valence-electron chi connectivity index (χ4n) is 3.26. The van der Waals surface area contributed by atoms with E-state index in [0.29, 0.717) is 12.8 Å². The highest BCUT2D eigenvalue weighted by atomic mass is 79.9. The van der Waals surface area contributed by atoms with Gasteiger partial charge in [0.05, 0.1) is 0 Å². The third-order valence-corrected chi connectivity index (χ3v) is 5.49. The Hall–Kier alpha value is -1.36. The number of carbonyl (C=O) groups excluding carboxylic acids is 2. The molecule has 0 aromatic heterocycles. The number of aryl methyl sites for hydroxylation is 1. The minimum absolute atomic E-state index is 0.0864. The maximum absolute atomic E-state index is 12.6. The quantitative estimate of drug-likeness (QED) is 0.779. The van der Waals surface area contributed by atoms with Gasteiger partial charge in [-0.1, -0.05) is 35.2 Å². The second-order valence-corrected chi connectivity index (χ2v) is 7.72. The van der Waals surface area contributed by atoms with Crippen molar-refractivity contribution in [3.63, 3.8) is 0 Å². The molecular weight excluding hydrogens is 356 g/mol. The van der Waals surface area contributed by atoms with E-state index in [1.807, 2.05) is 25.1 Å². The molecule has 3 rings (SSSR count). The second kappa shape index (κ2) is 6.63. The number of nitrogens with one attached hydrogen (secondary N) is 2. The van der Waals surface area contributed by atoms with Crippen LogP contribution in [-0.2, 0) is 9.59 Å². The molecule has 2 aliphatic carbocycles. The van der Waals surface area contributed by atoms with Crippen LogP contribution in [0.25, 0.3) is 0 Å². The molecule has 0 atom stereocenters. The van der Waals surface area contributed by atoms with Crippen LogP contribution in [0.1, 0.15) is 50.5 Å². The van der Waals surface area contributed by atoms with Crippen LogP contribution in [0.4, 0.5) is 5.69 Å². The molecule has 4 nitrogen and oxygen atoms in total. The molecule has 2 N–H and O–H groups in total. The Kier molecular flexibility index (Phi) is 4.76. The molecule has 0 aliphatic heterocycles. The highest BCUT2D eigenvalue weighted by molar-refractivity contribution is 9.10. The van der Waals surface area contributed by atoms with E-state index in [0.717, 1.165) is 28.6 Å². The summed E-state index contributed by atoms with van der Waals surface area (Å²) in [4.78, 5) is 25.2. The average molecular weight is 379 g/mol. The Morgan fingerprint density at radius 2 is 1.83 bits per heavy atom. The first-order valence-electron chi connectivity index (χ1n) is 8.40. The number of amides is 2. The summed E-state index contributed by atoms with van der Waals surface area (Å²) >= 11 is 3.42. The molecule has 23 heavy (non-hydrogen) atoms. The number of anilines is 1. The van der Waals surface area contributed by atoms with Gasteiger partial charge in [-0.3, -0.25) is 9.59 Å². The van der Waals surface area contributed by atoms with Gasteiger partial charge in [0, 0.05) is 16.2 Å². The van der Waals surface area contributed by atoms with Crippen molar-refractivity contribution < 1.29 is 9.59 Å². The molecule has 2 saturated carbocycles. The topological polar surface area (TPSA) is 58.2 Å². The Bertz CT molecular complexity index is 619. The summed E-state index contributed by atoms with van der Waals surface area (Å²) in [7, 11) is 0. The Morgan fingerprint density at radius 3 is 2.43 bits per heavy atom. The predicted molar refractivity (Wildman–Crippen MR) is 94.2 cm³/mol. The van der Waals surface area contributed by atoms with Crippen LogP contribution in [0.15, 0.2) is 22.7 Å². The highest BCUT2D eigenvalue weighted by Gasteiger charge is 2.56. The van der Waals surface area contributed by atoms with Crippen LogP contribution in [0.2, 0.25) is 0 Å². The fraction of sp³-hybridized carbons (Fsp3) is 0.556. The van der Waals surface area contributed by atoms with Gasteiger partial charge < -0.3 is 10.6 Å². The summed E-state index contributed by atoms with van der Waals surface area (Å²) in [6, 6.07) is 5.96. The summed E-state index contributed by atoms with van der Waals surface area (Å²) in [6.07, 6.45) is 6.95. The third-order valence-electron chi connectivity index (χ3n) is 5.00. The van der Waals surface area contributed by atoms with Crippen LogP contribution >= 0.6 is 15.9 Å². The molecule has 0 bridgehead atoms. The zero-order valence-electron chi connectivity index (χ0n) is 13.5. The van der Waals surface area contributed by atoms with Gasteiger partial charge in [0.2, 0.25) is 11.8 Å². The molecule has 124 valence electrons. The second-order valence-electron chi connectivity index (χ2n) is 6.80. The first kappa shape index (κ1) is 16.5. The van der Waals surface area contributed by atoms with Crippen LogP contribution < -0.4 is 10.6 Å². The maximum atomic E-state index is 12.6. The van der Waals surface area contributed by atoms with E-state index >= 15 is 0 Å². The molecule has 0 spiro atoms. The molecule has 0 radical (unpaired) electrons. The van der Waals surface area contributed by atoms with Gasteiger partial charge in [-0.15, -0.1) is 0 Å². The van der Waals surface area contributed by atoms with Gasteiger partial charge in [0.15, 0.2) is 0 Å². The average Bonchev–Trinajstić information content (AvgIpc) is 3.33. The molecule has 0 saturated heterocycles. The zero-order valence-corrected chi connectivity index (χ0v) is 15.0. The lowest BCUT2D eigenvalue weighted by Crippen LogP contribution is -2.45. The van der Waals surface area contributed by atoms with E-state index in [-0.39, 0.29) is 17.9 Å². The van der Waals surface area contributed by atoms with Crippen molar-refractivity contribution in [1.29, 1.82) is 0 Å². The summed E-state index contributed by atoms with van der Waals surface area (Å²) in [6.45, 7) is 1.95. The van der Waals surface area contributed by atoms with Crippen molar-refractivity contribution in [1.82, 2.24) is 5.32 Å². The van der Waals surface area contributed by atoms with Crippen molar-refractivity contribution in [2.75, 3.05) is 5.32 Å². The molecule has 1 aromatic rings. The molecule has 0 unspecified atom stereocenters. The lowest BCUT2D eigenvalue weighted by atomic mass is 9.94. The number of benzene rings is 1. The smallest absolute Gasteiger partial charge is 0.240 e. The Morgan fingerprint density at radius 1 is 1.13 bits per heavy atom. The van der Waals surface area contributed by atoms with Crippen molar-refractivity contribution in [3.05, 3.63) is 28.2 Å². The SMILES string of the molecule is Cc1cc(Br)ccc1NC(=O)C1(C(=O)NC2CCCCC2)CC1. The summed E-state index contributed by atoms with van der Waals surface area (Å²) < 4.78 is 0.976. The standard InChI is InChI=1S/C18H23BrN2O2/c1-12-11-13(19)7-8-15(12)21-17(23)18(9-10-18)16(22)20-14-5-3-2-4-6-14/h7-8,11,14H,2-6,9-10H2,1H3,(H,20,22)(H,21,23). The van der Waals surface area contributed by atoms with Crippen molar-refractivity contribution >= 4 is 33.4 Å². The van der Waals surface area contributed by atoms with Gasteiger partial charge >= 0.3 is 0 Å². The van der Waals surface area contributed by atoms with Gasteiger partial charge in [0.25, 0.3) is 0 Å². The minimum atomic E-state index is -0.850. The molecular formula is C18H23BrN2O2. The molecule has 1 aromatic carbocycles. The normalized spacial score (nSPS) is 19.9. The monoisotopic (exact) mass is 378 g/mol. The van der Waals surface area contributed by atoms with Crippen LogP contribution in [-0.4, -0.2) is 17.9 Å². The Balaban J connectivity index is 1.64. The predicted octanol–water partition coefficient (Wildman–Crippen LogP) is 3.93. The number of halogens is 1. The van der Waals surface area contributed by atoms with Gasteiger partial charge in [-0.2, -0.15) is 0 Å². The van der Waals surface area contributed by atoms with E-state index in [4.69, 9.17) is 0 Å². The molecule has 2 fully saturated rings. The molecule has 5 heteroatoms. The number of hydrogen-bond donors (Lipinski definition) is 2. The summed E-state index contributed by atoms with van der Waals surface area (Å²) in [5.41, 5.74) is 0.905. The first-order valence-corrected chi connectivity index (χ1v) is 9.19. The Labute approximate surface area is 145 Å². The fourth-order valence-corrected chi connectivity index (χ4v) is 3.74. The van der Waals surface area contributed by atoms with Crippen molar-refractivity contribution in [3.8, 4) is 0 Å². The van der Waals surface area contributed by atoms with E-state index in [1.54, 1.807) is 0 Å². The summed E-state index contributed by atoms with van der Waals surface area (Å²) in [5, 5.41) is 6.04. The van der Waals surface area contributed by atoms with E-state index in [2.05, 4.69) is 26.6 Å². The molecule has 2 aliphatic rings. The first-order chi connectivity index (χ1) is 11.0. The lowest BCUT2D eigenvalue weighted by molar-refractivity contribution is -0.135. The third kappa shape index (κ3) is 3.60. The molecule has 0 heterocycles. The van der Waals surface area contributed by atoms with Crippen molar-refractivity contribution in [2.24, 2.45) is 5.41 Å². The summed E-state index contributed by atoms with van der Waals surface area (Å²) in [5.74, 6) is -0.257. The van der Waals surface area contributed by atoms with Gasteiger partial charge in [0.1, 0.15) is 5.41 Å². The van der Waals surface area contributed by atoms with Crippen LogP contribution in [0.3, 0.4) is 0 Å². The largest absolute Gasteiger partial charge is 0.352 e. The molecule has 2 amide bonds. The van der Waals surface area contributed by atoms with E-state index in [1.165, 1.54) is 19.3 Å². The maximum Gasteiger partial charge on any atom is 0.240 e. The van der Waals surface area contributed by atoms with Gasteiger partial charge in [-0.05, 0) is 56.4 Å². The lowest BCUT2D eigenvalue weighted by Gasteiger charge is -2.25. The van der Waals surface area contributed by atoms with Crippen LogP contribution in [0.5, 0.6) is 0 Å². The zero-order chi connectivity index (χ0) is 16.4. The number of rotatable bonds is 4.